The van der Waals surface area contributed by atoms with Gasteiger partial charge in [-0.3, -0.25) is 4.79 Å². The molecular formula is C24H25N7O3. The third-order valence-electron chi connectivity index (χ3n) is 5.79. The summed E-state index contributed by atoms with van der Waals surface area (Å²) in [5.41, 5.74) is 2.72. The van der Waals surface area contributed by atoms with Crippen LogP contribution in [0, 0.1) is 0 Å². The fourth-order valence-electron chi connectivity index (χ4n) is 4.05. The van der Waals surface area contributed by atoms with E-state index in [1.807, 2.05) is 54.3 Å². The van der Waals surface area contributed by atoms with Crippen LogP contribution in [0.2, 0.25) is 0 Å². The van der Waals surface area contributed by atoms with E-state index < -0.39 is 0 Å². The van der Waals surface area contributed by atoms with Crippen LogP contribution in [0.4, 0.5) is 5.82 Å². The summed E-state index contributed by atoms with van der Waals surface area (Å²) in [7, 11) is 1.59. The molecule has 174 valence electrons. The number of aromatic nitrogens is 5. The summed E-state index contributed by atoms with van der Waals surface area (Å²) in [6, 6.07) is 14.9. The van der Waals surface area contributed by atoms with Crippen LogP contribution in [0.5, 0.6) is 11.5 Å². The number of benzene rings is 2. The van der Waals surface area contributed by atoms with Gasteiger partial charge in [-0.15, -0.1) is 5.10 Å². The van der Waals surface area contributed by atoms with E-state index in [1.54, 1.807) is 17.9 Å². The van der Waals surface area contributed by atoms with Crippen LogP contribution >= 0.6 is 0 Å². The second-order valence-corrected chi connectivity index (χ2v) is 7.81. The highest BCUT2D eigenvalue weighted by Crippen LogP contribution is 2.25. The molecule has 0 spiro atoms. The van der Waals surface area contributed by atoms with Gasteiger partial charge in [-0.25, -0.2) is 9.97 Å². The Labute approximate surface area is 196 Å². The number of rotatable bonds is 6. The van der Waals surface area contributed by atoms with E-state index in [2.05, 4.69) is 25.2 Å². The SMILES string of the molecule is CCOc1ccc(-n2nnc3c(N4CCN(C(=O)c5cccc(OC)c5)CC4)ncnc32)cc1. The van der Waals surface area contributed by atoms with Gasteiger partial charge in [0.05, 0.1) is 19.4 Å². The second-order valence-electron chi connectivity index (χ2n) is 7.81. The van der Waals surface area contributed by atoms with E-state index in [1.165, 1.54) is 6.33 Å². The van der Waals surface area contributed by atoms with Gasteiger partial charge in [-0.1, -0.05) is 11.3 Å². The maximum atomic E-state index is 12.9. The lowest BCUT2D eigenvalue weighted by Gasteiger charge is -2.35. The number of ether oxygens (including phenoxy) is 2. The fourth-order valence-corrected chi connectivity index (χ4v) is 4.05. The Hall–Kier alpha value is -4.21. The van der Waals surface area contributed by atoms with Crippen LogP contribution < -0.4 is 14.4 Å². The van der Waals surface area contributed by atoms with Crippen molar-refractivity contribution in [2.75, 3.05) is 44.8 Å². The molecule has 1 saturated heterocycles. The molecule has 10 nitrogen and oxygen atoms in total. The lowest BCUT2D eigenvalue weighted by Crippen LogP contribution is -2.49. The first kappa shape index (κ1) is 21.6. The molecule has 1 fully saturated rings. The number of piperazine rings is 1. The van der Waals surface area contributed by atoms with Crippen LogP contribution in [0.1, 0.15) is 17.3 Å². The number of hydrogen-bond donors (Lipinski definition) is 0. The monoisotopic (exact) mass is 459 g/mol. The molecule has 5 rings (SSSR count). The summed E-state index contributed by atoms with van der Waals surface area (Å²) >= 11 is 0. The van der Waals surface area contributed by atoms with Crippen molar-refractivity contribution in [1.29, 1.82) is 0 Å². The highest BCUT2D eigenvalue weighted by Gasteiger charge is 2.25. The molecule has 3 heterocycles. The number of hydrogen-bond acceptors (Lipinski definition) is 8. The number of nitrogens with zero attached hydrogens (tertiary/aromatic N) is 7. The third kappa shape index (κ3) is 4.09. The van der Waals surface area contributed by atoms with Crippen molar-refractivity contribution >= 4 is 22.9 Å². The molecule has 0 N–H and O–H groups in total. The van der Waals surface area contributed by atoms with Crippen LogP contribution in [0.15, 0.2) is 54.9 Å². The van der Waals surface area contributed by atoms with Crippen molar-refractivity contribution in [2.24, 2.45) is 0 Å². The van der Waals surface area contributed by atoms with Gasteiger partial charge in [0.1, 0.15) is 17.8 Å². The summed E-state index contributed by atoms with van der Waals surface area (Å²) in [6.07, 6.45) is 1.53. The lowest BCUT2D eigenvalue weighted by molar-refractivity contribution is 0.0746. The standard InChI is InChI=1S/C24H25N7O3/c1-3-34-19-9-7-18(8-10-19)31-23-21(27-28-31)22(25-16-26-23)29-11-13-30(14-12-29)24(32)17-5-4-6-20(15-17)33-2/h4-10,15-16H,3,11-14H2,1-2H3. The summed E-state index contributed by atoms with van der Waals surface area (Å²) in [4.78, 5) is 25.8. The first-order valence-electron chi connectivity index (χ1n) is 11.2. The minimum atomic E-state index is -0.00664. The zero-order chi connectivity index (χ0) is 23.5. The van der Waals surface area contributed by atoms with Crippen molar-refractivity contribution in [3.05, 3.63) is 60.4 Å². The number of carbonyl (C=O) groups is 1. The maximum absolute atomic E-state index is 12.9. The number of methoxy groups -OCH3 is 1. The summed E-state index contributed by atoms with van der Waals surface area (Å²) in [5, 5.41) is 8.69. The molecule has 0 atom stereocenters. The summed E-state index contributed by atoms with van der Waals surface area (Å²) in [5.74, 6) is 2.18. The zero-order valence-electron chi connectivity index (χ0n) is 19.1. The van der Waals surface area contributed by atoms with Gasteiger partial charge in [0.2, 0.25) is 0 Å². The number of fused-ring (bicyclic) bond motifs is 1. The highest BCUT2D eigenvalue weighted by molar-refractivity contribution is 5.95. The van der Waals surface area contributed by atoms with E-state index in [0.29, 0.717) is 55.3 Å². The zero-order valence-corrected chi connectivity index (χ0v) is 19.1. The van der Waals surface area contributed by atoms with Crippen LogP contribution in [-0.2, 0) is 0 Å². The number of amides is 1. The lowest BCUT2D eigenvalue weighted by atomic mass is 10.1. The second kappa shape index (κ2) is 9.34. The minimum Gasteiger partial charge on any atom is -0.497 e. The maximum Gasteiger partial charge on any atom is 0.254 e. The molecule has 1 aliphatic rings. The topological polar surface area (TPSA) is 98.5 Å². The Morgan fingerprint density at radius 3 is 2.53 bits per heavy atom. The van der Waals surface area contributed by atoms with E-state index in [9.17, 15) is 4.79 Å². The molecule has 1 amide bonds. The third-order valence-corrected chi connectivity index (χ3v) is 5.79. The van der Waals surface area contributed by atoms with Crippen molar-refractivity contribution in [1.82, 2.24) is 29.9 Å². The molecule has 0 saturated carbocycles. The van der Waals surface area contributed by atoms with Crippen molar-refractivity contribution in [2.45, 2.75) is 6.92 Å². The molecule has 0 aliphatic carbocycles. The number of anilines is 1. The predicted molar refractivity (Wildman–Crippen MR) is 127 cm³/mol. The Bertz CT molecular complexity index is 1300. The van der Waals surface area contributed by atoms with Crippen LogP contribution in [-0.4, -0.2) is 75.7 Å². The molecule has 10 heteroatoms. The van der Waals surface area contributed by atoms with Gasteiger partial charge in [0.25, 0.3) is 5.91 Å². The van der Waals surface area contributed by atoms with E-state index in [4.69, 9.17) is 9.47 Å². The Kier molecular flexibility index (Phi) is 5.94. The molecule has 0 radical (unpaired) electrons. The molecule has 0 bridgehead atoms. The average Bonchev–Trinajstić information content (AvgIpc) is 3.33. The Balaban J connectivity index is 1.33. The van der Waals surface area contributed by atoms with Gasteiger partial charge < -0.3 is 19.3 Å². The van der Waals surface area contributed by atoms with Gasteiger partial charge in [0.15, 0.2) is 17.0 Å². The van der Waals surface area contributed by atoms with E-state index in [0.717, 1.165) is 17.3 Å². The van der Waals surface area contributed by atoms with E-state index in [-0.39, 0.29) is 5.91 Å². The average molecular weight is 460 g/mol. The Morgan fingerprint density at radius 2 is 1.79 bits per heavy atom. The molecular weight excluding hydrogens is 434 g/mol. The predicted octanol–water partition coefficient (Wildman–Crippen LogP) is 2.58. The molecule has 2 aromatic heterocycles. The first-order chi connectivity index (χ1) is 16.7. The van der Waals surface area contributed by atoms with Crippen LogP contribution in [0.25, 0.3) is 16.9 Å². The van der Waals surface area contributed by atoms with Crippen molar-refractivity contribution < 1.29 is 14.3 Å². The molecule has 2 aromatic carbocycles. The van der Waals surface area contributed by atoms with Gasteiger partial charge >= 0.3 is 0 Å². The normalized spacial score (nSPS) is 13.8. The van der Waals surface area contributed by atoms with Crippen LogP contribution in [0.3, 0.4) is 0 Å². The van der Waals surface area contributed by atoms with Crippen molar-refractivity contribution in [3.63, 3.8) is 0 Å². The quantitative estimate of drug-likeness (QED) is 0.434. The Morgan fingerprint density at radius 1 is 1.00 bits per heavy atom. The highest BCUT2D eigenvalue weighted by atomic mass is 16.5. The summed E-state index contributed by atoms with van der Waals surface area (Å²) in [6.45, 7) is 4.99. The number of carbonyl (C=O) groups excluding carboxylic acids is 1. The minimum absolute atomic E-state index is 0.00664. The summed E-state index contributed by atoms with van der Waals surface area (Å²) < 4.78 is 12.5. The first-order valence-corrected chi connectivity index (χ1v) is 11.2. The van der Waals surface area contributed by atoms with E-state index >= 15 is 0 Å². The fraction of sp³-hybridized carbons (Fsp3) is 0.292. The van der Waals surface area contributed by atoms with Gasteiger partial charge in [-0.05, 0) is 49.4 Å². The largest absolute Gasteiger partial charge is 0.497 e. The molecule has 4 aromatic rings. The smallest absolute Gasteiger partial charge is 0.254 e. The molecule has 34 heavy (non-hydrogen) atoms. The van der Waals surface area contributed by atoms with Gasteiger partial charge in [0, 0.05) is 31.7 Å². The molecule has 0 unspecified atom stereocenters. The van der Waals surface area contributed by atoms with Gasteiger partial charge in [-0.2, -0.15) is 4.68 Å². The van der Waals surface area contributed by atoms with Crippen molar-refractivity contribution in [3.8, 4) is 17.2 Å². The molecule has 1 aliphatic heterocycles.